The van der Waals surface area contributed by atoms with Crippen molar-refractivity contribution in [3.63, 3.8) is 0 Å². The number of aromatic hydroxyl groups is 1. The summed E-state index contributed by atoms with van der Waals surface area (Å²) in [5.74, 6) is -1.21. The van der Waals surface area contributed by atoms with Gasteiger partial charge in [-0.25, -0.2) is 4.79 Å². The molecule has 1 fully saturated rings. The maximum Gasteiger partial charge on any atom is 0.339 e. The Morgan fingerprint density at radius 2 is 2.12 bits per heavy atom. The van der Waals surface area contributed by atoms with Crippen LogP contribution in [-0.4, -0.2) is 22.0 Å². The van der Waals surface area contributed by atoms with Crippen LogP contribution in [0.1, 0.15) is 47.5 Å². The van der Waals surface area contributed by atoms with Crippen molar-refractivity contribution in [2.45, 2.75) is 31.6 Å². The fraction of sp³-hybridized carbons (Fsp3) is 0.385. The number of carboxylic acid groups (broad SMARTS) is 1. The molecule has 1 aromatic rings. The Morgan fingerprint density at radius 3 is 2.76 bits per heavy atom. The van der Waals surface area contributed by atoms with E-state index in [2.05, 4.69) is 0 Å². The molecule has 2 N–H and O–H groups in total. The van der Waals surface area contributed by atoms with E-state index in [-0.39, 0.29) is 23.0 Å². The molecule has 1 saturated carbocycles. The Kier molecular flexibility index (Phi) is 3.13. The number of carboxylic acids is 1. The topological polar surface area (TPSA) is 74.6 Å². The lowest BCUT2D eigenvalue weighted by Gasteiger charge is -2.22. The number of hydrogen-bond acceptors (Lipinski definition) is 3. The summed E-state index contributed by atoms with van der Waals surface area (Å²) in [6.07, 6.45) is 2.62. The third kappa shape index (κ3) is 2.30. The number of rotatable bonds is 2. The zero-order chi connectivity index (χ0) is 12.4. The van der Waals surface area contributed by atoms with Crippen LogP contribution >= 0.6 is 0 Å². The van der Waals surface area contributed by atoms with E-state index >= 15 is 0 Å². The summed E-state index contributed by atoms with van der Waals surface area (Å²) in [7, 11) is 0. The van der Waals surface area contributed by atoms with E-state index in [1.54, 1.807) is 12.1 Å². The summed E-state index contributed by atoms with van der Waals surface area (Å²) in [4.78, 5) is 22.3. The van der Waals surface area contributed by atoms with Crippen LogP contribution in [0, 0.1) is 0 Å². The lowest BCUT2D eigenvalue weighted by Crippen LogP contribution is -2.14. The van der Waals surface area contributed by atoms with E-state index in [0.717, 1.165) is 12.8 Å². The number of Topliss-reactive ketones (excluding diaryl/α,β-unsaturated/α-hetero) is 1. The summed E-state index contributed by atoms with van der Waals surface area (Å²) in [6, 6.07) is 4.68. The summed E-state index contributed by atoms with van der Waals surface area (Å²) in [5.41, 5.74) is 0.485. The monoisotopic (exact) mass is 234 g/mol. The van der Waals surface area contributed by atoms with E-state index < -0.39 is 5.97 Å². The maximum atomic E-state index is 11.4. The highest BCUT2D eigenvalue weighted by atomic mass is 16.4. The summed E-state index contributed by atoms with van der Waals surface area (Å²) in [5, 5.41) is 18.8. The molecule has 0 aromatic heterocycles. The maximum absolute atomic E-state index is 11.4. The molecule has 0 spiro atoms. The second kappa shape index (κ2) is 4.57. The molecule has 1 atom stereocenters. The Hall–Kier alpha value is -1.84. The predicted molar refractivity (Wildman–Crippen MR) is 61.3 cm³/mol. The number of benzene rings is 1. The molecule has 2 rings (SSSR count). The van der Waals surface area contributed by atoms with Gasteiger partial charge < -0.3 is 10.2 Å². The number of phenols is 1. The number of hydrogen-bond donors (Lipinski definition) is 2. The standard InChI is InChI=1S/C13H14O4/c14-9-4-1-3-8(7-9)10-5-2-6-11(12(10)15)13(16)17/h2,5-6,8,15H,1,3-4,7H2,(H,16,17). The minimum absolute atomic E-state index is 0.0458. The van der Waals surface area contributed by atoms with Gasteiger partial charge in [0.15, 0.2) is 0 Å². The molecule has 1 aromatic carbocycles. The number of para-hydroxylation sites is 1. The Morgan fingerprint density at radius 1 is 1.35 bits per heavy atom. The lowest BCUT2D eigenvalue weighted by molar-refractivity contribution is -0.120. The minimum atomic E-state index is -1.15. The molecule has 1 aliphatic carbocycles. The first-order chi connectivity index (χ1) is 8.09. The molecule has 0 aliphatic heterocycles. The van der Waals surface area contributed by atoms with Crippen LogP contribution in [0.3, 0.4) is 0 Å². The second-order valence-corrected chi connectivity index (χ2v) is 4.38. The van der Waals surface area contributed by atoms with Gasteiger partial charge in [-0.2, -0.15) is 0 Å². The average Bonchev–Trinajstić information content (AvgIpc) is 2.29. The fourth-order valence-corrected chi connectivity index (χ4v) is 2.35. The van der Waals surface area contributed by atoms with Crippen LogP contribution in [0.5, 0.6) is 5.75 Å². The number of ketones is 1. The molecule has 4 nitrogen and oxygen atoms in total. The van der Waals surface area contributed by atoms with Gasteiger partial charge in [0, 0.05) is 12.8 Å². The predicted octanol–water partition coefficient (Wildman–Crippen LogP) is 2.32. The Balaban J connectivity index is 2.35. The van der Waals surface area contributed by atoms with E-state index in [9.17, 15) is 14.7 Å². The van der Waals surface area contributed by atoms with Crippen LogP contribution in [0.15, 0.2) is 18.2 Å². The quantitative estimate of drug-likeness (QED) is 0.823. The molecule has 0 heterocycles. The van der Waals surface area contributed by atoms with Crippen LogP contribution in [0.4, 0.5) is 0 Å². The van der Waals surface area contributed by atoms with E-state index in [4.69, 9.17) is 5.11 Å². The van der Waals surface area contributed by atoms with Crippen molar-refractivity contribution in [2.75, 3.05) is 0 Å². The summed E-state index contributed by atoms with van der Waals surface area (Å²) < 4.78 is 0. The van der Waals surface area contributed by atoms with Gasteiger partial charge in [0.05, 0.1) is 0 Å². The first kappa shape index (κ1) is 11.6. The molecule has 0 bridgehead atoms. The lowest BCUT2D eigenvalue weighted by atomic mass is 9.82. The highest BCUT2D eigenvalue weighted by Gasteiger charge is 2.25. The Bertz CT molecular complexity index is 464. The number of carbonyl (C=O) groups excluding carboxylic acids is 1. The summed E-state index contributed by atoms with van der Waals surface area (Å²) in [6.45, 7) is 0. The molecule has 0 amide bonds. The molecule has 0 radical (unpaired) electrons. The molecule has 4 heteroatoms. The van der Waals surface area contributed by atoms with Crippen molar-refractivity contribution in [1.29, 1.82) is 0 Å². The zero-order valence-electron chi connectivity index (χ0n) is 9.35. The van der Waals surface area contributed by atoms with Crippen LogP contribution in [0.2, 0.25) is 0 Å². The smallest absolute Gasteiger partial charge is 0.339 e. The molecule has 17 heavy (non-hydrogen) atoms. The van der Waals surface area contributed by atoms with E-state index in [1.807, 2.05) is 0 Å². The van der Waals surface area contributed by atoms with Gasteiger partial charge in [0.1, 0.15) is 17.1 Å². The van der Waals surface area contributed by atoms with Gasteiger partial charge in [-0.3, -0.25) is 4.79 Å². The van der Waals surface area contributed by atoms with Crippen LogP contribution < -0.4 is 0 Å². The second-order valence-electron chi connectivity index (χ2n) is 4.38. The van der Waals surface area contributed by atoms with Gasteiger partial charge in [-0.15, -0.1) is 0 Å². The van der Waals surface area contributed by atoms with Gasteiger partial charge in [-0.1, -0.05) is 12.1 Å². The first-order valence-electron chi connectivity index (χ1n) is 5.66. The van der Waals surface area contributed by atoms with Gasteiger partial charge in [0.25, 0.3) is 0 Å². The third-order valence-corrected chi connectivity index (χ3v) is 3.22. The van der Waals surface area contributed by atoms with Crippen molar-refractivity contribution < 1.29 is 19.8 Å². The van der Waals surface area contributed by atoms with Crippen molar-refractivity contribution in [3.05, 3.63) is 29.3 Å². The van der Waals surface area contributed by atoms with Gasteiger partial charge >= 0.3 is 5.97 Å². The molecular formula is C13H14O4. The van der Waals surface area contributed by atoms with Crippen molar-refractivity contribution >= 4 is 11.8 Å². The molecule has 90 valence electrons. The zero-order valence-corrected chi connectivity index (χ0v) is 9.35. The average molecular weight is 234 g/mol. The van der Waals surface area contributed by atoms with Crippen molar-refractivity contribution in [2.24, 2.45) is 0 Å². The van der Waals surface area contributed by atoms with Crippen LogP contribution in [0.25, 0.3) is 0 Å². The van der Waals surface area contributed by atoms with E-state index in [0.29, 0.717) is 18.4 Å². The molecule has 1 unspecified atom stereocenters. The summed E-state index contributed by atoms with van der Waals surface area (Å²) >= 11 is 0. The van der Waals surface area contributed by atoms with Gasteiger partial charge in [0.2, 0.25) is 0 Å². The van der Waals surface area contributed by atoms with Crippen LogP contribution in [-0.2, 0) is 4.79 Å². The highest BCUT2D eigenvalue weighted by molar-refractivity contribution is 5.91. The SMILES string of the molecule is O=C1CCCC(c2cccc(C(=O)O)c2O)C1. The van der Waals surface area contributed by atoms with Crippen molar-refractivity contribution in [1.82, 2.24) is 0 Å². The van der Waals surface area contributed by atoms with Gasteiger partial charge in [-0.05, 0) is 30.4 Å². The third-order valence-electron chi connectivity index (χ3n) is 3.22. The Labute approximate surface area is 98.9 Å². The molecule has 1 aliphatic rings. The number of carbonyl (C=O) groups is 2. The number of aromatic carboxylic acids is 1. The highest BCUT2D eigenvalue weighted by Crippen LogP contribution is 2.37. The molecular weight excluding hydrogens is 220 g/mol. The largest absolute Gasteiger partial charge is 0.507 e. The normalized spacial score (nSPS) is 20.2. The van der Waals surface area contributed by atoms with Crippen molar-refractivity contribution in [3.8, 4) is 5.75 Å². The molecule has 0 saturated heterocycles. The van der Waals surface area contributed by atoms with E-state index in [1.165, 1.54) is 6.07 Å². The minimum Gasteiger partial charge on any atom is -0.507 e. The fourth-order valence-electron chi connectivity index (χ4n) is 2.35. The first-order valence-corrected chi connectivity index (χ1v) is 5.66.